The third-order valence-electron chi connectivity index (χ3n) is 3.58. The predicted octanol–water partition coefficient (Wildman–Crippen LogP) is 1.36. The molecule has 1 amide bonds. The van der Waals surface area contributed by atoms with Crippen LogP contribution in [0.4, 0.5) is 0 Å². The lowest BCUT2D eigenvalue weighted by Gasteiger charge is -2.10. The van der Waals surface area contributed by atoms with E-state index < -0.39 is 0 Å². The Bertz CT molecular complexity index is 736. The van der Waals surface area contributed by atoms with Crippen LogP contribution in [0.25, 0.3) is 0 Å². The molecule has 0 aliphatic rings. The van der Waals surface area contributed by atoms with Crippen molar-refractivity contribution in [1.29, 1.82) is 0 Å². The average Bonchev–Trinajstić information content (AvgIpc) is 2.54. The number of benzene rings is 1. The van der Waals surface area contributed by atoms with Crippen LogP contribution in [0.1, 0.15) is 16.8 Å². The highest BCUT2D eigenvalue weighted by molar-refractivity contribution is 5.77. The number of rotatable bonds is 6. The van der Waals surface area contributed by atoms with Gasteiger partial charge in [0.25, 0.3) is 11.5 Å². The second-order valence-corrected chi connectivity index (χ2v) is 5.41. The SMILES string of the molecule is Cc1ccc(OCC(=O)NCCn2cnc(C)c(C)c2=O)cc1. The van der Waals surface area contributed by atoms with Gasteiger partial charge in [-0.1, -0.05) is 17.7 Å². The first-order valence-electron chi connectivity index (χ1n) is 7.46. The monoisotopic (exact) mass is 315 g/mol. The van der Waals surface area contributed by atoms with E-state index in [-0.39, 0.29) is 18.1 Å². The number of aromatic nitrogens is 2. The number of carbonyl (C=O) groups is 1. The topological polar surface area (TPSA) is 73.2 Å². The van der Waals surface area contributed by atoms with Crippen molar-refractivity contribution >= 4 is 5.91 Å². The summed E-state index contributed by atoms with van der Waals surface area (Å²) in [5, 5.41) is 2.72. The molecule has 0 unspecified atom stereocenters. The normalized spacial score (nSPS) is 10.4. The van der Waals surface area contributed by atoms with Crippen LogP contribution in [-0.2, 0) is 11.3 Å². The van der Waals surface area contributed by atoms with Gasteiger partial charge in [-0.05, 0) is 32.9 Å². The van der Waals surface area contributed by atoms with Crippen molar-refractivity contribution in [3.05, 3.63) is 57.8 Å². The Kier molecular flexibility index (Phi) is 5.51. The molecule has 23 heavy (non-hydrogen) atoms. The highest BCUT2D eigenvalue weighted by Gasteiger charge is 2.05. The number of nitrogens with one attached hydrogen (secondary N) is 1. The molecule has 1 aromatic heterocycles. The van der Waals surface area contributed by atoms with E-state index in [1.165, 1.54) is 10.9 Å². The van der Waals surface area contributed by atoms with Crippen molar-refractivity contribution in [3.63, 3.8) is 0 Å². The first-order valence-corrected chi connectivity index (χ1v) is 7.46. The molecule has 6 nitrogen and oxygen atoms in total. The average molecular weight is 315 g/mol. The highest BCUT2D eigenvalue weighted by Crippen LogP contribution is 2.10. The van der Waals surface area contributed by atoms with E-state index in [9.17, 15) is 9.59 Å². The largest absolute Gasteiger partial charge is 0.484 e. The lowest BCUT2D eigenvalue weighted by molar-refractivity contribution is -0.123. The van der Waals surface area contributed by atoms with Crippen LogP contribution in [-0.4, -0.2) is 28.6 Å². The van der Waals surface area contributed by atoms with Crippen molar-refractivity contribution in [2.75, 3.05) is 13.2 Å². The van der Waals surface area contributed by atoms with E-state index in [1.807, 2.05) is 31.2 Å². The fraction of sp³-hybridized carbons (Fsp3) is 0.353. The van der Waals surface area contributed by atoms with Gasteiger partial charge in [-0.25, -0.2) is 4.98 Å². The van der Waals surface area contributed by atoms with Crippen molar-refractivity contribution in [1.82, 2.24) is 14.9 Å². The van der Waals surface area contributed by atoms with E-state index in [0.29, 0.717) is 24.4 Å². The predicted molar refractivity (Wildman–Crippen MR) is 87.7 cm³/mol. The molecule has 0 saturated heterocycles. The van der Waals surface area contributed by atoms with Crippen LogP contribution in [0.3, 0.4) is 0 Å². The molecule has 0 aliphatic carbocycles. The molecule has 0 spiro atoms. The maximum atomic E-state index is 12.0. The van der Waals surface area contributed by atoms with E-state index in [0.717, 1.165) is 11.3 Å². The standard InChI is InChI=1S/C17H21N3O3/c1-12-4-6-15(7-5-12)23-10-16(21)18-8-9-20-11-19-14(3)13(2)17(20)22/h4-7,11H,8-10H2,1-3H3,(H,18,21). The van der Waals surface area contributed by atoms with Crippen LogP contribution >= 0.6 is 0 Å². The molecule has 0 aliphatic heterocycles. The Morgan fingerprint density at radius 1 is 1.22 bits per heavy atom. The zero-order valence-corrected chi connectivity index (χ0v) is 13.6. The smallest absolute Gasteiger partial charge is 0.258 e. The Balaban J connectivity index is 1.78. The van der Waals surface area contributed by atoms with Crippen LogP contribution < -0.4 is 15.6 Å². The molecule has 1 N–H and O–H groups in total. The van der Waals surface area contributed by atoms with Gasteiger partial charge in [0.05, 0.1) is 6.33 Å². The van der Waals surface area contributed by atoms with Crippen molar-refractivity contribution in [3.8, 4) is 5.75 Å². The molecule has 0 saturated carbocycles. The molecule has 6 heteroatoms. The van der Waals surface area contributed by atoms with Crippen LogP contribution in [0.15, 0.2) is 35.4 Å². The molecular weight excluding hydrogens is 294 g/mol. The number of carbonyl (C=O) groups excluding carboxylic acids is 1. The third-order valence-corrected chi connectivity index (χ3v) is 3.58. The summed E-state index contributed by atoms with van der Waals surface area (Å²) in [6.07, 6.45) is 1.50. The van der Waals surface area contributed by atoms with E-state index in [1.54, 1.807) is 13.8 Å². The Morgan fingerprint density at radius 2 is 1.91 bits per heavy atom. The fourth-order valence-corrected chi connectivity index (χ4v) is 1.99. The van der Waals surface area contributed by atoms with Gasteiger partial charge in [-0.3, -0.25) is 14.2 Å². The van der Waals surface area contributed by atoms with E-state index in [2.05, 4.69) is 10.3 Å². The minimum atomic E-state index is -0.226. The van der Waals surface area contributed by atoms with Gasteiger partial charge in [0, 0.05) is 24.3 Å². The maximum absolute atomic E-state index is 12.0. The van der Waals surface area contributed by atoms with Gasteiger partial charge in [0.2, 0.25) is 0 Å². The summed E-state index contributed by atoms with van der Waals surface area (Å²) in [5.74, 6) is 0.427. The minimum absolute atomic E-state index is 0.0524. The van der Waals surface area contributed by atoms with Gasteiger partial charge in [-0.15, -0.1) is 0 Å². The van der Waals surface area contributed by atoms with Gasteiger partial charge >= 0.3 is 0 Å². The molecule has 0 radical (unpaired) electrons. The second kappa shape index (κ2) is 7.58. The Morgan fingerprint density at radius 3 is 2.61 bits per heavy atom. The molecule has 0 bridgehead atoms. The van der Waals surface area contributed by atoms with Crippen molar-refractivity contribution < 1.29 is 9.53 Å². The second-order valence-electron chi connectivity index (χ2n) is 5.41. The molecule has 2 rings (SSSR count). The molecule has 2 aromatic rings. The molecule has 0 atom stereocenters. The van der Waals surface area contributed by atoms with E-state index >= 15 is 0 Å². The first kappa shape index (κ1) is 16.7. The van der Waals surface area contributed by atoms with Crippen LogP contribution in [0.2, 0.25) is 0 Å². The number of ether oxygens (including phenoxy) is 1. The summed E-state index contributed by atoms with van der Waals surface area (Å²) in [6.45, 7) is 6.20. The molecule has 1 heterocycles. The first-order chi connectivity index (χ1) is 11.0. The van der Waals surface area contributed by atoms with Gasteiger partial charge in [-0.2, -0.15) is 0 Å². The third kappa shape index (κ3) is 4.67. The quantitative estimate of drug-likeness (QED) is 0.873. The molecular formula is C17H21N3O3. The summed E-state index contributed by atoms with van der Waals surface area (Å²) in [7, 11) is 0. The Hall–Kier alpha value is -2.63. The lowest BCUT2D eigenvalue weighted by Crippen LogP contribution is -2.34. The van der Waals surface area contributed by atoms with Crippen molar-refractivity contribution in [2.45, 2.75) is 27.3 Å². The summed E-state index contributed by atoms with van der Waals surface area (Å²) in [5.41, 5.74) is 2.40. The summed E-state index contributed by atoms with van der Waals surface area (Å²) >= 11 is 0. The molecule has 122 valence electrons. The fourth-order valence-electron chi connectivity index (χ4n) is 1.99. The van der Waals surface area contributed by atoms with Crippen LogP contribution in [0, 0.1) is 20.8 Å². The van der Waals surface area contributed by atoms with Crippen molar-refractivity contribution in [2.24, 2.45) is 0 Å². The molecule has 1 aromatic carbocycles. The lowest BCUT2D eigenvalue weighted by atomic mass is 10.2. The molecule has 0 fully saturated rings. The highest BCUT2D eigenvalue weighted by atomic mass is 16.5. The number of hydrogen-bond donors (Lipinski definition) is 1. The van der Waals surface area contributed by atoms with Gasteiger partial charge in [0.1, 0.15) is 5.75 Å². The van der Waals surface area contributed by atoms with Gasteiger partial charge in [0.15, 0.2) is 6.61 Å². The Labute approximate surface area is 135 Å². The number of nitrogens with zero attached hydrogens (tertiary/aromatic N) is 2. The number of aryl methyl sites for hydroxylation is 2. The maximum Gasteiger partial charge on any atom is 0.258 e. The zero-order chi connectivity index (χ0) is 16.8. The summed E-state index contributed by atoms with van der Waals surface area (Å²) < 4.78 is 6.88. The number of hydrogen-bond acceptors (Lipinski definition) is 4. The number of amides is 1. The van der Waals surface area contributed by atoms with E-state index in [4.69, 9.17) is 4.74 Å². The zero-order valence-electron chi connectivity index (χ0n) is 13.6. The minimum Gasteiger partial charge on any atom is -0.484 e. The summed E-state index contributed by atoms with van der Waals surface area (Å²) in [4.78, 5) is 27.9. The van der Waals surface area contributed by atoms with Gasteiger partial charge < -0.3 is 10.1 Å². The van der Waals surface area contributed by atoms with Crippen LogP contribution in [0.5, 0.6) is 5.75 Å². The summed E-state index contributed by atoms with van der Waals surface area (Å²) in [6, 6.07) is 7.49.